The van der Waals surface area contributed by atoms with Gasteiger partial charge in [-0.2, -0.15) is 0 Å². The summed E-state index contributed by atoms with van der Waals surface area (Å²) in [5.41, 5.74) is 2.49. The lowest BCUT2D eigenvalue weighted by Gasteiger charge is -1.99. The van der Waals surface area contributed by atoms with Crippen LogP contribution < -0.4 is 4.74 Å². The van der Waals surface area contributed by atoms with E-state index in [0.29, 0.717) is 27.8 Å². The zero-order chi connectivity index (χ0) is 18.6. The largest absolute Gasteiger partial charge is 0.497 e. The number of rotatable bonds is 6. The van der Waals surface area contributed by atoms with E-state index in [1.807, 2.05) is 36.4 Å². The van der Waals surface area contributed by atoms with Gasteiger partial charge >= 0.3 is 0 Å². The summed E-state index contributed by atoms with van der Waals surface area (Å²) in [5, 5.41) is 9.24. The molecule has 4 rings (SSSR count). The van der Waals surface area contributed by atoms with Gasteiger partial charge in [-0.3, -0.25) is 0 Å². The number of hydrogen-bond donors (Lipinski definition) is 0. The van der Waals surface area contributed by atoms with Gasteiger partial charge in [0.1, 0.15) is 12.0 Å². The zero-order valence-corrected chi connectivity index (χ0v) is 15.8. The minimum absolute atomic E-state index is 0.452. The number of hydrogen-bond acceptors (Lipinski definition) is 7. The van der Waals surface area contributed by atoms with Crippen molar-refractivity contribution in [2.24, 2.45) is 0 Å². The molecule has 0 bridgehead atoms. The molecule has 0 amide bonds. The lowest BCUT2D eigenvalue weighted by atomic mass is 10.2. The van der Waals surface area contributed by atoms with Crippen LogP contribution in [0.1, 0.15) is 5.69 Å². The Morgan fingerprint density at radius 3 is 2.41 bits per heavy atom. The fourth-order valence-electron chi connectivity index (χ4n) is 2.35. The number of thioether (sulfide) groups is 1. The Balaban J connectivity index is 1.40. The van der Waals surface area contributed by atoms with Crippen molar-refractivity contribution in [3.05, 3.63) is 65.5 Å². The third-order valence-electron chi connectivity index (χ3n) is 3.73. The predicted molar refractivity (Wildman–Crippen MR) is 103 cm³/mol. The van der Waals surface area contributed by atoms with Crippen LogP contribution in [-0.4, -0.2) is 22.3 Å². The molecule has 0 saturated carbocycles. The second kappa shape index (κ2) is 7.85. The van der Waals surface area contributed by atoms with Crippen LogP contribution in [0.3, 0.4) is 0 Å². The molecule has 2 aromatic heterocycles. The monoisotopic (exact) mass is 399 g/mol. The van der Waals surface area contributed by atoms with E-state index in [1.54, 1.807) is 25.5 Å². The van der Waals surface area contributed by atoms with Crippen molar-refractivity contribution in [2.75, 3.05) is 7.11 Å². The Morgan fingerprint density at radius 1 is 0.963 bits per heavy atom. The van der Waals surface area contributed by atoms with E-state index in [1.165, 1.54) is 11.8 Å². The molecule has 136 valence electrons. The molecule has 8 heteroatoms. The molecule has 0 unspecified atom stereocenters. The summed E-state index contributed by atoms with van der Waals surface area (Å²) in [6.45, 7) is 0. The van der Waals surface area contributed by atoms with E-state index in [-0.39, 0.29) is 0 Å². The molecular formula is C19H14ClN3O3S. The summed E-state index contributed by atoms with van der Waals surface area (Å²) in [4.78, 5) is 4.49. The van der Waals surface area contributed by atoms with Crippen LogP contribution in [0.15, 0.2) is 68.9 Å². The van der Waals surface area contributed by atoms with Crippen LogP contribution in [-0.2, 0) is 5.75 Å². The van der Waals surface area contributed by atoms with Crippen molar-refractivity contribution >= 4 is 23.4 Å². The average Bonchev–Trinajstić information content (AvgIpc) is 3.37. The summed E-state index contributed by atoms with van der Waals surface area (Å²) >= 11 is 7.29. The molecule has 27 heavy (non-hydrogen) atoms. The number of methoxy groups -OCH3 is 1. The molecule has 0 N–H and O–H groups in total. The normalized spacial score (nSPS) is 10.9. The highest BCUT2D eigenvalue weighted by molar-refractivity contribution is 7.98. The van der Waals surface area contributed by atoms with Gasteiger partial charge in [-0.25, -0.2) is 4.98 Å². The maximum absolute atomic E-state index is 5.89. The Labute approximate surface area is 164 Å². The van der Waals surface area contributed by atoms with Crippen LogP contribution in [0.4, 0.5) is 0 Å². The first-order valence-corrected chi connectivity index (χ1v) is 9.39. The van der Waals surface area contributed by atoms with Crippen molar-refractivity contribution in [3.63, 3.8) is 0 Å². The fourth-order valence-corrected chi connectivity index (χ4v) is 3.12. The van der Waals surface area contributed by atoms with Crippen LogP contribution in [0.25, 0.3) is 22.9 Å². The van der Waals surface area contributed by atoms with Gasteiger partial charge in [0.05, 0.1) is 12.8 Å². The van der Waals surface area contributed by atoms with Crippen molar-refractivity contribution in [3.8, 4) is 28.7 Å². The first-order valence-electron chi connectivity index (χ1n) is 8.02. The van der Waals surface area contributed by atoms with Gasteiger partial charge in [-0.15, -0.1) is 10.2 Å². The average molecular weight is 400 g/mol. The summed E-state index contributed by atoms with van der Waals surface area (Å²) in [7, 11) is 1.63. The second-order valence-corrected chi connectivity index (χ2v) is 6.90. The van der Waals surface area contributed by atoms with E-state index >= 15 is 0 Å². The second-order valence-electron chi connectivity index (χ2n) is 5.54. The number of oxazole rings is 1. The number of halogens is 1. The lowest BCUT2D eigenvalue weighted by molar-refractivity contribution is 0.415. The summed E-state index contributed by atoms with van der Waals surface area (Å²) in [6, 6.07) is 14.8. The summed E-state index contributed by atoms with van der Waals surface area (Å²) in [5.74, 6) is 2.35. The quantitative estimate of drug-likeness (QED) is 0.405. The first-order chi connectivity index (χ1) is 13.2. The molecule has 0 aliphatic rings. The van der Waals surface area contributed by atoms with Crippen LogP contribution in [0.2, 0.25) is 5.02 Å². The van der Waals surface area contributed by atoms with Gasteiger partial charge < -0.3 is 13.6 Å². The van der Waals surface area contributed by atoms with E-state index in [0.717, 1.165) is 22.6 Å². The van der Waals surface area contributed by atoms with Crippen LogP contribution in [0.5, 0.6) is 5.75 Å². The van der Waals surface area contributed by atoms with Gasteiger partial charge in [-0.1, -0.05) is 23.4 Å². The Kier molecular flexibility index (Phi) is 5.13. The first kappa shape index (κ1) is 17.6. The number of benzene rings is 2. The Hall–Kier alpha value is -2.77. The molecule has 4 aromatic rings. The Bertz CT molecular complexity index is 1030. The predicted octanol–water partition coefficient (Wildman–Crippen LogP) is 5.35. The smallest absolute Gasteiger partial charge is 0.277 e. The van der Waals surface area contributed by atoms with Gasteiger partial charge in [-0.05, 0) is 48.5 Å². The molecule has 0 aliphatic heterocycles. The van der Waals surface area contributed by atoms with Gasteiger partial charge in [0.25, 0.3) is 5.22 Å². The summed E-state index contributed by atoms with van der Waals surface area (Å²) in [6.07, 6.45) is 1.63. The standard InChI is InChI=1S/C19H14ClN3O3S/c1-24-16-8-4-12(5-9-16)17-21-15(10-25-17)11-27-19-23-22-18(26-19)13-2-6-14(20)7-3-13/h2-10H,11H2,1H3. The third kappa shape index (κ3) is 4.15. The molecular weight excluding hydrogens is 386 g/mol. The molecule has 0 spiro atoms. The molecule has 0 radical (unpaired) electrons. The zero-order valence-electron chi connectivity index (χ0n) is 14.3. The number of aromatic nitrogens is 3. The fraction of sp³-hybridized carbons (Fsp3) is 0.105. The molecule has 2 heterocycles. The highest BCUT2D eigenvalue weighted by Crippen LogP contribution is 2.28. The van der Waals surface area contributed by atoms with Crippen molar-refractivity contribution < 1.29 is 13.6 Å². The minimum Gasteiger partial charge on any atom is -0.497 e. The van der Waals surface area contributed by atoms with Crippen molar-refractivity contribution in [2.45, 2.75) is 11.0 Å². The van der Waals surface area contributed by atoms with E-state index < -0.39 is 0 Å². The van der Waals surface area contributed by atoms with Gasteiger partial charge in [0.2, 0.25) is 11.8 Å². The number of nitrogens with zero attached hydrogens (tertiary/aromatic N) is 3. The summed E-state index contributed by atoms with van der Waals surface area (Å²) < 4.78 is 16.4. The Morgan fingerprint density at radius 2 is 1.67 bits per heavy atom. The molecule has 2 aromatic carbocycles. The highest BCUT2D eigenvalue weighted by atomic mass is 35.5. The van der Waals surface area contributed by atoms with Crippen molar-refractivity contribution in [1.29, 1.82) is 0 Å². The molecule has 0 aliphatic carbocycles. The topological polar surface area (TPSA) is 74.2 Å². The lowest BCUT2D eigenvalue weighted by Crippen LogP contribution is -1.84. The molecule has 6 nitrogen and oxygen atoms in total. The van der Waals surface area contributed by atoms with E-state index in [4.69, 9.17) is 25.2 Å². The number of ether oxygens (including phenoxy) is 1. The molecule has 0 atom stereocenters. The minimum atomic E-state index is 0.452. The molecule has 0 fully saturated rings. The van der Waals surface area contributed by atoms with Gasteiger partial charge in [0.15, 0.2) is 0 Å². The maximum atomic E-state index is 5.89. The molecule has 0 saturated heterocycles. The maximum Gasteiger partial charge on any atom is 0.277 e. The SMILES string of the molecule is COc1ccc(-c2nc(CSc3nnc(-c4ccc(Cl)cc4)o3)co2)cc1. The van der Waals surface area contributed by atoms with E-state index in [2.05, 4.69) is 15.2 Å². The third-order valence-corrected chi connectivity index (χ3v) is 4.83. The van der Waals surface area contributed by atoms with Crippen LogP contribution in [0, 0.1) is 0 Å². The van der Waals surface area contributed by atoms with Gasteiger partial charge in [0, 0.05) is 21.9 Å². The van der Waals surface area contributed by atoms with Crippen LogP contribution >= 0.6 is 23.4 Å². The highest BCUT2D eigenvalue weighted by Gasteiger charge is 2.12. The van der Waals surface area contributed by atoms with E-state index in [9.17, 15) is 0 Å². The van der Waals surface area contributed by atoms with Crippen molar-refractivity contribution in [1.82, 2.24) is 15.2 Å².